The summed E-state index contributed by atoms with van der Waals surface area (Å²) in [5.74, 6) is 0. The van der Waals surface area contributed by atoms with E-state index in [9.17, 15) is 5.26 Å². The normalized spacial score (nSPS) is 10.5. The predicted octanol–water partition coefficient (Wildman–Crippen LogP) is 3.51. The van der Waals surface area contributed by atoms with Gasteiger partial charge in [-0.1, -0.05) is 19.9 Å². The third kappa shape index (κ3) is 3.97. The second-order valence-electron chi connectivity index (χ2n) is 4.79. The van der Waals surface area contributed by atoms with Gasteiger partial charge in [0.25, 0.3) is 0 Å². The Balaban J connectivity index is 3.15. The van der Waals surface area contributed by atoms with Crippen molar-refractivity contribution in [3.05, 3.63) is 29.3 Å². The number of rotatable bonds is 7. The van der Waals surface area contributed by atoms with Gasteiger partial charge in [-0.05, 0) is 37.5 Å². The number of aryl methyl sites for hydroxylation is 1. The monoisotopic (exact) mass is 260 g/mol. The number of nitriles is 1. The molecule has 104 valence electrons. The van der Waals surface area contributed by atoms with Gasteiger partial charge in [0.2, 0.25) is 0 Å². The average Bonchev–Trinajstić information content (AvgIpc) is 2.43. The molecule has 0 heterocycles. The number of hydrogen-bond donors (Lipinski definition) is 0. The molecule has 3 heteroatoms. The Kier molecular flexibility index (Phi) is 6.38. The number of anilines is 1. The molecule has 0 spiro atoms. The van der Waals surface area contributed by atoms with Gasteiger partial charge in [-0.2, -0.15) is 5.26 Å². The minimum Gasteiger partial charge on any atom is -0.383 e. The number of methoxy groups -OCH3 is 1. The van der Waals surface area contributed by atoms with E-state index in [0.717, 1.165) is 30.6 Å². The summed E-state index contributed by atoms with van der Waals surface area (Å²) in [6, 6.07) is 8.75. The predicted molar refractivity (Wildman–Crippen MR) is 79.5 cm³/mol. The van der Waals surface area contributed by atoms with Gasteiger partial charge in [-0.3, -0.25) is 0 Å². The first-order valence-electron chi connectivity index (χ1n) is 6.94. The van der Waals surface area contributed by atoms with Crippen LogP contribution in [0.5, 0.6) is 0 Å². The van der Waals surface area contributed by atoms with Crippen molar-refractivity contribution in [2.75, 3.05) is 25.2 Å². The number of hydrogen-bond acceptors (Lipinski definition) is 3. The molecule has 0 N–H and O–H groups in total. The molecule has 0 fully saturated rings. The lowest BCUT2D eigenvalue weighted by atomic mass is 10.0. The SMILES string of the molecule is CCC(CC)N(CCOC)c1cc(C)ccc1C#N. The molecule has 1 aromatic carbocycles. The van der Waals surface area contributed by atoms with E-state index < -0.39 is 0 Å². The van der Waals surface area contributed by atoms with Crippen molar-refractivity contribution in [2.45, 2.75) is 39.7 Å². The van der Waals surface area contributed by atoms with Crippen molar-refractivity contribution < 1.29 is 4.74 Å². The van der Waals surface area contributed by atoms with Crippen molar-refractivity contribution in [3.63, 3.8) is 0 Å². The lowest BCUT2D eigenvalue weighted by Gasteiger charge is -2.33. The summed E-state index contributed by atoms with van der Waals surface area (Å²) in [6.45, 7) is 7.94. The van der Waals surface area contributed by atoms with Gasteiger partial charge >= 0.3 is 0 Å². The minimum atomic E-state index is 0.448. The van der Waals surface area contributed by atoms with Crippen LogP contribution in [0.15, 0.2) is 18.2 Å². The van der Waals surface area contributed by atoms with E-state index in [4.69, 9.17) is 4.74 Å². The molecule has 0 saturated heterocycles. The summed E-state index contributed by atoms with van der Waals surface area (Å²) in [5.41, 5.74) is 2.96. The van der Waals surface area contributed by atoms with Gasteiger partial charge in [-0.15, -0.1) is 0 Å². The highest BCUT2D eigenvalue weighted by molar-refractivity contribution is 5.61. The molecule has 0 radical (unpaired) electrons. The highest BCUT2D eigenvalue weighted by Gasteiger charge is 2.18. The Bertz CT molecular complexity index is 433. The Morgan fingerprint density at radius 3 is 2.53 bits per heavy atom. The first-order chi connectivity index (χ1) is 9.17. The molecule has 1 rings (SSSR count). The van der Waals surface area contributed by atoms with Crippen LogP contribution in [0.25, 0.3) is 0 Å². The molecule has 0 bridgehead atoms. The van der Waals surface area contributed by atoms with Crippen molar-refractivity contribution >= 4 is 5.69 Å². The third-order valence-corrected chi connectivity index (χ3v) is 3.50. The van der Waals surface area contributed by atoms with E-state index in [0.29, 0.717) is 12.6 Å². The van der Waals surface area contributed by atoms with Gasteiger partial charge in [0.05, 0.1) is 17.9 Å². The fourth-order valence-corrected chi connectivity index (χ4v) is 2.39. The third-order valence-electron chi connectivity index (χ3n) is 3.50. The molecule has 0 saturated carbocycles. The Morgan fingerprint density at radius 1 is 1.32 bits per heavy atom. The lowest BCUT2D eigenvalue weighted by molar-refractivity contribution is 0.202. The first kappa shape index (κ1) is 15.5. The molecule has 0 aliphatic heterocycles. The Labute approximate surface area is 116 Å². The molecule has 0 amide bonds. The highest BCUT2D eigenvalue weighted by atomic mass is 16.5. The summed E-state index contributed by atoms with van der Waals surface area (Å²) >= 11 is 0. The van der Waals surface area contributed by atoms with Gasteiger partial charge in [0.1, 0.15) is 6.07 Å². The maximum atomic E-state index is 9.30. The fourth-order valence-electron chi connectivity index (χ4n) is 2.39. The number of ether oxygens (including phenoxy) is 1. The molecule has 3 nitrogen and oxygen atoms in total. The first-order valence-corrected chi connectivity index (χ1v) is 6.94. The van der Waals surface area contributed by atoms with Crippen molar-refractivity contribution in [1.29, 1.82) is 5.26 Å². The van der Waals surface area contributed by atoms with Crippen LogP contribution in [-0.2, 0) is 4.74 Å². The molecule has 0 atom stereocenters. The smallest absolute Gasteiger partial charge is 0.101 e. The molecular weight excluding hydrogens is 236 g/mol. The largest absolute Gasteiger partial charge is 0.383 e. The van der Waals surface area contributed by atoms with Crippen LogP contribution in [0.4, 0.5) is 5.69 Å². The summed E-state index contributed by atoms with van der Waals surface area (Å²) in [6.07, 6.45) is 2.14. The van der Waals surface area contributed by atoms with E-state index >= 15 is 0 Å². The van der Waals surface area contributed by atoms with Crippen LogP contribution in [0.1, 0.15) is 37.8 Å². The molecule has 19 heavy (non-hydrogen) atoms. The Morgan fingerprint density at radius 2 is 2.00 bits per heavy atom. The molecule has 0 aromatic heterocycles. The summed E-state index contributed by atoms with van der Waals surface area (Å²) in [7, 11) is 1.71. The second-order valence-corrected chi connectivity index (χ2v) is 4.79. The molecule has 1 aromatic rings. The average molecular weight is 260 g/mol. The lowest BCUT2D eigenvalue weighted by Crippen LogP contribution is -2.37. The van der Waals surface area contributed by atoms with E-state index in [2.05, 4.69) is 37.8 Å². The van der Waals surface area contributed by atoms with E-state index in [1.54, 1.807) is 7.11 Å². The van der Waals surface area contributed by atoms with Gasteiger partial charge in [-0.25, -0.2) is 0 Å². The number of benzene rings is 1. The van der Waals surface area contributed by atoms with Crippen LogP contribution in [-0.4, -0.2) is 26.3 Å². The maximum Gasteiger partial charge on any atom is 0.101 e. The zero-order valence-electron chi connectivity index (χ0n) is 12.4. The van der Waals surface area contributed by atoms with Crippen molar-refractivity contribution in [3.8, 4) is 6.07 Å². The standard InChI is InChI=1S/C16H24N2O/c1-5-15(6-2)18(9-10-19-4)16-11-13(3)7-8-14(16)12-17/h7-8,11,15H,5-6,9-10H2,1-4H3. The van der Waals surface area contributed by atoms with Gasteiger partial charge in [0, 0.05) is 19.7 Å². The fraction of sp³-hybridized carbons (Fsp3) is 0.562. The van der Waals surface area contributed by atoms with E-state index in [-0.39, 0.29) is 0 Å². The highest BCUT2D eigenvalue weighted by Crippen LogP contribution is 2.25. The second kappa shape index (κ2) is 7.81. The summed E-state index contributed by atoms with van der Waals surface area (Å²) in [5, 5.41) is 9.30. The number of nitrogens with zero attached hydrogens (tertiary/aromatic N) is 2. The summed E-state index contributed by atoms with van der Waals surface area (Å²) < 4.78 is 5.21. The zero-order valence-corrected chi connectivity index (χ0v) is 12.4. The maximum absolute atomic E-state index is 9.30. The topological polar surface area (TPSA) is 36.3 Å². The van der Waals surface area contributed by atoms with Crippen LogP contribution in [0.3, 0.4) is 0 Å². The van der Waals surface area contributed by atoms with Crippen LogP contribution >= 0.6 is 0 Å². The molecule has 0 aliphatic rings. The van der Waals surface area contributed by atoms with E-state index in [1.807, 2.05) is 12.1 Å². The van der Waals surface area contributed by atoms with Crippen LogP contribution in [0, 0.1) is 18.3 Å². The summed E-state index contributed by atoms with van der Waals surface area (Å²) in [4.78, 5) is 2.31. The van der Waals surface area contributed by atoms with E-state index in [1.165, 1.54) is 5.56 Å². The van der Waals surface area contributed by atoms with Crippen molar-refractivity contribution in [1.82, 2.24) is 0 Å². The quantitative estimate of drug-likeness (QED) is 0.752. The molecule has 0 unspecified atom stereocenters. The zero-order chi connectivity index (χ0) is 14.3. The minimum absolute atomic E-state index is 0.448. The Hall–Kier alpha value is -1.53. The van der Waals surface area contributed by atoms with Gasteiger partial charge in [0.15, 0.2) is 0 Å². The van der Waals surface area contributed by atoms with Crippen LogP contribution < -0.4 is 4.90 Å². The van der Waals surface area contributed by atoms with Gasteiger partial charge < -0.3 is 9.64 Å². The van der Waals surface area contributed by atoms with Crippen molar-refractivity contribution in [2.24, 2.45) is 0 Å². The molecule has 0 aliphatic carbocycles. The van der Waals surface area contributed by atoms with Crippen LogP contribution in [0.2, 0.25) is 0 Å². The molecular formula is C16H24N2O.